The maximum absolute atomic E-state index is 12.5. The third kappa shape index (κ3) is 6.95. The fourth-order valence-corrected chi connectivity index (χ4v) is 3.21. The van der Waals surface area contributed by atoms with Gasteiger partial charge in [0.25, 0.3) is 0 Å². The predicted octanol–water partition coefficient (Wildman–Crippen LogP) is 1.38. The molecular formula is C18H34IN7O. The number of anilines is 1. The first-order valence-electron chi connectivity index (χ1n) is 9.56. The van der Waals surface area contributed by atoms with Crippen molar-refractivity contribution in [3.05, 3.63) is 12.4 Å². The van der Waals surface area contributed by atoms with Gasteiger partial charge < -0.3 is 20.0 Å². The van der Waals surface area contributed by atoms with Crippen molar-refractivity contribution in [3.8, 4) is 0 Å². The molecule has 1 aromatic heterocycles. The van der Waals surface area contributed by atoms with Crippen LogP contribution in [0.2, 0.25) is 0 Å². The molecule has 0 bridgehead atoms. The van der Waals surface area contributed by atoms with Gasteiger partial charge in [0.15, 0.2) is 5.96 Å². The summed E-state index contributed by atoms with van der Waals surface area (Å²) in [4.78, 5) is 23.1. The van der Waals surface area contributed by atoms with Gasteiger partial charge in [-0.2, -0.15) is 5.10 Å². The number of nitrogens with one attached hydrogen (secondary N) is 1. The minimum absolute atomic E-state index is 0. The normalized spacial score (nSPS) is 15.3. The lowest BCUT2D eigenvalue weighted by Crippen LogP contribution is -2.55. The van der Waals surface area contributed by atoms with E-state index in [9.17, 15) is 4.79 Å². The first-order valence-corrected chi connectivity index (χ1v) is 9.56. The molecule has 0 radical (unpaired) electrons. The molecule has 2 rings (SSSR count). The summed E-state index contributed by atoms with van der Waals surface area (Å²) in [6.07, 6.45) is 5.87. The highest BCUT2D eigenvalue weighted by atomic mass is 127. The van der Waals surface area contributed by atoms with Crippen molar-refractivity contribution in [2.45, 2.75) is 26.7 Å². The fourth-order valence-electron chi connectivity index (χ4n) is 3.21. The largest absolute Gasteiger partial charge is 0.356 e. The van der Waals surface area contributed by atoms with Crippen LogP contribution in [0.15, 0.2) is 17.4 Å². The summed E-state index contributed by atoms with van der Waals surface area (Å²) < 4.78 is 1.72. The summed E-state index contributed by atoms with van der Waals surface area (Å²) in [5.41, 5.74) is 0.858. The molecule has 9 heteroatoms. The number of aliphatic imine (C=N–C) groups is 1. The second-order valence-electron chi connectivity index (χ2n) is 6.55. The number of aryl methyl sites for hydroxylation is 1. The van der Waals surface area contributed by atoms with Gasteiger partial charge in [-0.05, 0) is 32.5 Å². The van der Waals surface area contributed by atoms with Gasteiger partial charge in [0, 0.05) is 39.9 Å². The van der Waals surface area contributed by atoms with Gasteiger partial charge in [0.05, 0.1) is 11.9 Å². The Morgan fingerprint density at radius 1 is 1.30 bits per heavy atom. The monoisotopic (exact) mass is 491 g/mol. The van der Waals surface area contributed by atoms with E-state index in [1.165, 1.54) is 6.42 Å². The Balaban J connectivity index is 0.00000364. The number of unbranched alkanes of at least 4 members (excludes halogenated alkanes) is 1. The van der Waals surface area contributed by atoms with Crippen LogP contribution in [0.3, 0.4) is 0 Å². The van der Waals surface area contributed by atoms with Crippen LogP contribution in [-0.2, 0) is 11.8 Å². The molecule has 0 spiro atoms. The van der Waals surface area contributed by atoms with Crippen molar-refractivity contribution in [1.29, 1.82) is 0 Å². The maximum atomic E-state index is 12.5. The molecule has 1 saturated heterocycles. The van der Waals surface area contributed by atoms with E-state index in [0.717, 1.165) is 50.8 Å². The molecule has 8 nitrogen and oxygen atoms in total. The lowest BCUT2D eigenvalue weighted by molar-refractivity contribution is -0.120. The average Bonchev–Trinajstić information content (AvgIpc) is 3.07. The number of halogens is 1. The van der Waals surface area contributed by atoms with Crippen LogP contribution in [0.4, 0.5) is 5.69 Å². The zero-order chi connectivity index (χ0) is 18.9. The first-order chi connectivity index (χ1) is 12.6. The molecule has 1 aliphatic rings. The molecule has 154 valence electrons. The highest BCUT2D eigenvalue weighted by molar-refractivity contribution is 14.0. The molecular weight excluding hydrogens is 457 g/mol. The molecule has 0 atom stereocenters. The van der Waals surface area contributed by atoms with Gasteiger partial charge in [0.1, 0.15) is 6.54 Å². The zero-order valence-electron chi connectivity index (χ0n) is 17.0. The summed E-state index contributed by atoms with van der Waals surface area (Å²) in [6.45, 7) is 10.4. The van der Waals surface area contributed by atoms with Crippen LogP contribution in [-0.4, -0.2) is 84.3 Å². The number of hydrogen-bond acceptors (Lipinski definition) is 4. The van der Waals surface area contributed by atoms with E-state index >= 15 is 0 Å². The van der Waals surface area contributed by atoms with E-state index in [-0.39, 0.29) is 29.9 Å². The van der Waals surface area contributed by atoms with E-state index < -0.39 is 0 Å². The molecule has 1 aliphatic heterocycles. The van der Waals surface area contributed by atoms with E-state index in [1.54, 1.807) is 22.8 Å². The third-order valence-electron chi connectivity index (χ3n) is 4.81. The molecule has 0 saturated carbocycles. The van der Waals surface area contributed by atoms with E-state index in [0.29, 0.717) is 13.1 Å². The van der Waals surface area contributed by atoms with Crippen LogP contribution in [0, 0.1) is 0 Å². The van der Waals surface area contributed by atoms with E-state index in [4.69, 9.17) is 0 Å². The molecule has 1 aromatic rings. The molecule has 2 heterocycles. The minimum atomic E-state index is 0. The highest BCUT2D eigenvalue weighted by Gasteiger charge is 2.27. The summed E-state index contributed by atoms with van der Waals surface area (Å²) >= 11 is 0. The van der Waals surface area contributed by atoms with Crippen LogP contribution < -0.4 is 10.2 Å². The number of carbonyl (C=O) groups excluding carboxylic acids is 1. The van der Waals surface area contributed by atoms with E-state index in [2.05, 4.69) is 34.2 Å². The zero-order valence-corrected chi connectivity index (χ0v) is 19.3. The van der Waals surface area contributed by atoms with Crippen molar-refractivity contribution < 1.29 is 4.79 Å². The molecule has 0 aliphatic carbocycles. The highest BCUT2D eigenvalue weighted by Crippen LogP contribution is 2.16. The van der Waals surface area contributed by atoms with Gasteiger partial charge in [-0.15, -0.1) is 24.0 Å². The Morgan fingerprint density at radius 2 is 2.04 bits per heavy atom. The summed E-state index contributed by atoms with van der Waals surface area (Å²) in [5, 5.41) is 7.55. The third-order valence-corrected chi connectivity index (χ3v) is 4.81. The van der Waals surface area contributed by atoms with Gasteiger partial charge >= 0.3 is 0 Å². The lowest BCUT2D eigenvalue weighted by Gasteiger charge is -2.35. The molecule has 0 unspecified atom stereocenters. The number of hydrogen-bond donors (Lipinski definition) is 1. The molecule has 0 aromatic carbocycles. The van der Waals surface area contributed by atoms with Gasteiger partial charge in [-0.1, -0.05) is 13.8 Å². The number of guanidine groups is 1. The van der Waals surface area contributed by atoms with Gasteiger partial charge in [-0.25, -0.2) is 0 Å². The van der Waals surface area contributed by atoms with Crippen LogP contribution in [0.1, 0.15) is 26.7 Å². The Bertz CT molecular complexity index is 600. The van der Waals surface area contributed by atoms with E-state index in [1.807, 2.05) is 18.1 Å². The quantitative estimate of drug-likeness (QED) is 0.258. The number of aromatic nitrogens is 2. The molecule has 1 N–H and O–H groups in total. The predicted molar refractivity (Wildman–Crippen MR) is 121 cm³/mol. The lowest BCUT2D eigenvalue weighted by atomic mass is 10.2. The van der Waals surface area contributed by atoms with Crippen molar-refractivity contribution >= 4 is 41.5 Å². The van der Waals surface area contributed by atoms with Crippen LogP contribution >= 0.6 is 24.0 Å². The SMILES string of the molecule is CCN(CC)CCCCNC(=NC)N1CCN(c2cnn(C)c2)C(=O)C1.I. The topological polar surface area (TPSA) is 69.0 Å². The van der Waals surface area contributed by atoms with Crippen LogP contribution in [0.5, 0.6) is 0 Å². The van der Waals surface area contributed by atoms with Crippen molar-refractivity contribution in [2.24, 2.45) is 12.0 Å². The summed E-state index contributed by atoms with van der Waals surface area (Å²) in [7, 11) is 3.63. The smallest absolute Gasteiger partial charge is 0.246 e. The minimum Gasteiger partial charge on any atom is -0.356 e. The van der Waals surface area contributed by atoms with Crippen molar-refractivity contribution in [1.82, 2.24) is 24.9 Å². The fraction of sp³-hybridized carbons (Fsp3) is 0.722. The Labute approximate surface area is 180 Å². The molecule has 27 heavy (non-hydrogen) atoms. The Morgan fingerprint density at radius 3 is 2.59 bits per heavy atom. The maximum Gasteiger partial charge on any atom is 0.246 e. The Hall–Kier alpha value is -1.36. The summed E-state index contributed by atoms with van der Waals surface area (Å²) in [6, 6.07) is 0. The molecule has 1 amide bonds. The first kappa shape index (κ1) is 23.7. The van der Waals surface area contributed by atoms with Crippen LogP contribution in [0.25, 0.3) is 0 Å². The van der Waals surface area contributed by atoms with Crippen molar-refractivity contribution in [2.75, 3.05) is 57.8 Å². The summed E-state index contributed by atoms with van der Waals surface area (Å²) in [5.74, 6) is 0.890. The van der Waals surface area contributed by atoms with Gasteiger partial charge in [-0.3, -0.25) is 14.5 Å². The van der Waals surface area contributed by atoms with Gasteiger partial charge in [0.2, 0.25) is 5.91 Å². The Kier molecular flexibility index (Phi) is 10.7. The average molecular weight is 491 g/mol. The number of piperazine rings is 1. The second kappa shape index (κ2) is 12.2. The molecule has 1 fully saturated rings. The number of rotatable bonds is 8. The standard InChI is InChI=1S/C18H33N7O.HI/c1-5-23(6-2)10-8-7-9-20-18(19-3)24-11-12-25(17(26)15-24)16-13-21-22(4)14-16;/h13-14H,5-12,15H2,1-4H3,(H,19,20);1H. The second-order valence-corrected chi connectivity index (χ2v) is 6.55. The number of nitrogens with zero attached hydrogens (tertiary/aromatic N) is 6. The number of carbonyl (C=O) groups is 1. The number of amides is 1. The van der Waals surface area contributed by atoms with Crippen molar-refractivity contribution in [3.63, 3.8) is 0 Å².